The first-order valence-corrected chi connectivity index (χ1v) is 7.75. The fourth-order valence-corrected chi connectivity index (χ4v) is 2.99. The normalized spacial score (nSPS) is 11.3. The summed E-state index contributed by atoms with van der Waals surface area (Å²) < 4.78 is 37.2. The number of rotatable bonds is 7. The molecule has 21 heavy (non-hydrogen) atoms. The van der Waals surface area contributed by atoms with Crippen molar-refractivity contribution < 1.29 is 17.9 Å². The lowest BCUT2D eigenvalue weighted by Gasteiger charge is -2.11. The zero-order valence-corrected chi connectivity index (χ0v) is 12.6. The van der Waals surface area contributed by atoms with Gasteiger partial charge in [-0.2, -0.15) is 0 Å². The highest BCUT2D eigenvalue weighted by molar-refractivity contribution is 7.89. The third-order valence-electron chi connectivity index (χ3n) is 2.87. The number of ether oxygens (including phenoxy) is 2. The molecule has 0 spiro atoms. The van der Waals surface area contributed by atoms with Gasteiger partial charge in [0.2, 0.25) is 10.0 Å². The number of imidazole rings is 1. The fraction of sp³-hybridized carbons (Fsp3) is 0.308. The van der Waals surface area contributed by atoms with E-state index in [1.807, 2.05) is 0 Å². The number of benzene rings is 1. The molecule has 0 aliphatic rings. The summed E-state index contributed by atoms with van der Waals surface area (Å²) in [7, 11) is -0.736. The van der Waals surface area contributed by atoms with Gasteiger partial charge in [0.25, 0.3) is 0 Å². The van der Waals surface area contributed by atoms with Crippen LogP contribution in [0.1, 0.15) is 5.82 Å². The first-order chi connectivity index (χ1) is 10.1. The van der Waals surface area contributed by atoms with Gasteiger partial charge in [-0.25, -0.2) is 18.1 Å². The highest BCUT2D eigenvalue weighted by Crippen LogP contribution is 2.28. The zero-order chi connectivity index (χ0) is 15.3. The lowest BCUT2D eigenvalue weighted by Crippen LogP contribution is -2.26. The van der Waals surface area contributed by atoms with Gasteiger partial charge >= 0.3 is 0 Å². The molecule has 0 saturated carbocycles. The first kappa shape index (κ1) is 15.3. The van der Waals surface area contributed by atoms with E-state index in [4.69, 9.17) is 9.47 Å². The van der Waals surface area contributed by atoms with Crippen molar-refractivity contribution in [2.24, 2.45) is 0 Å². The van der Waals surface area contributed by atoms with E-state index in [9.17, 15) is 8.42 Å². The van der Waals surface area contributed by atoms with Crippen LogP contribution in [0.15, 0.2) is 35.5 Å². The molecule has 0 atom stereocenters. The van der Waals surface area contributed by atoms with Crippen molar-refractivity contribution in [1.29, 1.82) is 0 Å². The molecule has 2 N–H and O–H groups in total. The topological polar surface area (TPSA) is 93.3 Å². The van der Waals surface area contributed by atoms with Gasteiger partial charge in [-0.15, -0.1) is 0 Å². The fourth-order valence-electron chi connectivity index (χ4n) is 1.81. The Morgan fingerprint density at radius 3 is 2.71 bits per heavy atom. The van der Waals surface area contributed by atoms with Crippen LogP contribution in [0.5, 0.6) is 11.5 Å². The Labute approximate surface area is 123 Å². The van der Waals surface area contributed by atoms with Crippen molar-refractivity contribution >= 4 is 10.0 Å². The molecule has 0 radical (unpaired) electrons. The number of aromatic nitrogens is 2. The Kier molecular flexibility index (Phi) is 4.81. The number of methoxy groups -OCH3 is 2. The van der Waals surface area contributed by atoms with E-state index in [-0.39, 0.29) is 17.2 Å². The minimum absolute atomic E-state index is 0.0743. The lowest BCUT2D eigenvalue weighted by molar-refractivity contribution is 0.386. The van der Waals surface area contributed by atoms with Crippen LogP contribution < -0.4 is 14.2 Å². The monoisotopic (exact) mass is 311 g/mol. The molecule has 8 heteroatoms. The third kappa shape index (κ3) is 3.73. The van der Waals surface area contributed by atoms with Crippen molar-refractivity contribution in [1.82, 2.24) is 14.7 Å². The number of sulfonamides is 1. The molecule has 2 rings (SSSR count). The van der Waals surface area contributed by atoms with Gasteiger partial charge in [0.1, 0.15) is 22.2 Å². The number of hydrogen-bond donors (Lipinski definition) is 2. The molecular weight excluding hydrogens is 294 g/mol. The molecule has 0 bridgehead atoms. The van der Waals surface area contributed by atoms with Crippen molar-refractivity contribution in [2.45, 2.75) is 11.3 Å². The van der Waals surface area contributed by atoms with E-state index < -0.39 is 10.0 Å². The SMILES string of the molecule is COc1ccc(S(=O)(=O)NCCc2ncc[nH]2)c(OC)c1. The molecule has 0 unspecified atom stereocenters. The molecule has 2 aromatic rings. The second-order valence-electron chi connectivity index (χ2n) is 4.20. The Hall–Kier alpha value is -2.06. The summed E-state index contributed by atoms with van der Waals surface area (Å²) in [6.45, 7) is 0.241. The molecule has 7 nitrogen and oxygen atoms in total. The smallest absolute Gasteiger partial charge is 0.244 e. The molecule has 0 aliphatic heterocycles. The van der Waals surface area contributed by atoms with Crippen LogP contribution in [0.25, 0.3) is 0 Å². The van der Waals surface area contributed by atoms with Gasteiger partial charge in [-0.3, -0.25) is 0 Å². The van der Waals surface area contributed by atoms with Gasteiger partial charge in [0, 0.05) is 31.4 Å². The molecule has 1 aromatic carbocycles. The summed E-state index contributed by atoms with van der Waals surface area (Å²) in [5.41, 5.74) is 0. The Bertz CT molecular complexity index is 683. The maximum Gasteiger partial charge on any atom is 0.244 e. The van der Waals surface area contributed by atoms with Gasteiger partial charge in [-0.1, -0.05) is 0 Å². The molecule has 1 heterocycles. The molecule has 0 aliphatic carbocycles. The largest absolute Gasteiger partial charge is 0.497 e. The second-order valence-corrected chi connectivity index (χ2v) is 5.94. The number of hydrogen-bond acceptors (Lipinski definition) is 5. The lowest BCUT2D eigenvalue weighted by atomic mass is 10.3. The average molecular weight is 311 g/mol. The quantitative estimate of drug-likeness (QED) is 0.794. The summed E-state index contributed by atoms with van der Waals surface area (Å²) in [5, 5.41) is 0. The highest BCUT2D eigenvalue weighted by Gasteiger charge is 2.19. The number of nitrogens with zero attached hydrogens (tertiary/aromatic N) is 1. The van der Waals surface area contributed by atoms with Gasteiger partial charge in [0.05, 0.1) is 14.2 Å². The standard InChI is InChI=1S/C13H17N3O4S/c1-19-10-3-4-12(11(9-10)20-2)21(17,18)16-6-5-13-14-7-8-15-13/h3-4,7-9,16H,5-6H2,1-2H3,(H,14,15). The number of H-pyrrole nitrogens is 1. The summed E-state index contributed by atoms with van der Waals surface area (Å²) in [4.78, 5) is 7.02. The highest BCUT2D eigenvalue weighted by atomic mass is 32.2. The van der Waals surface area contributed by atoms with E-state index in [0.717, 1.165) is 5.82 Å². The molecule has 0 amide bonds. The minimum atomic E-state index is -3.65. The molecule has 0 fully saturated rings. The van der Waals surface area contributed by atoms with Crippen LogP contribution in [0.3, 0.4) is 0 Å². The summed E-state index contributed by atoms with van der Waals surface area (Å²) in [6.07, 6.45) is 3.79. The van der Waals surface area contributed by atoms with E-state index in [2.05, 4.69) is 14.7 Å². The molecule has 0 saturated heterocycles. The number of aromatic amines is 1. The Morgan fingerprint density at radius 1 is 1.29 bits per heavy atom. The van der Waals surface area contributed by atoms with Crippen molar-refractivity contribution in [3.8, 4) is 11.5 Å². The van der Waals surface area contributed by atoms with Gasteiger partial charge in [0.15, 0.2) is 0 Å². The Balaban J connectivity index is 2.11. The van der Waals surface area contributed by atoms with Crippen molar-refractivity contribution in [2.75, 3.05) is 20.8 Å². The van der Waals surface area contributed by atoms with Crippen LogP contribution in [-0.2, 0) is 16.4 Å². The van der Waals surface area contributed by atoms with Crippen LogP contribution in [-0.4, -0.2) is 39.2 Å². The van der Waals surface area contributed by atoms with E-state index in [1.165, 1.54) is 26.4 Å². The first-order valence-electron chi connectivity index (χ1n) is 6.27. The molecular formula is C13H17N3O4S. The van der Waals surface area contributed by atoms with Crippen molar-refractivity contribution in [3.63, 3.8) is 0 Å². The van der Waals surface area contributed by atoms with Crippen LogP contribution in [0.2, 0.25) is 0 Å². The predicted molar refractivity (Wildman–Crippen MR) is 77.0 cm³/mol. The van der Waals surface area contributed by atoms with E-state index in [0.29, 0.717) is 12.2 Å². The van der Waals surface area contributed by atoms with Crippen LogP contribution in [0.4, 0.5) is 0 Å². The molecule has 1 aromatic heterocycles. The summed E-state index contributed by atoms with van der Waals surface area (Å²) >= 11 is 0. The average Bonchev–Trinajstić information content (AvgIpc) is 2.99. The van der Waals surface area contributed by atoms with Gasteiger partial charge < -0.3 is 14.5 Å². The van der Waals surface area contributed by atoms with Crippen LogP contribution in [0, 0.1) is 0 Å². The maximum absolute atomic E-state index is 12.3. The van der Waals surface area contributed by atoms with Gasteiger partial charge in [-0.05, 0) is 12.1 Å². The maximum atomic E-state index is 12.3. The Morgan fingerprint density at radius 2 is 2.10 bits per heavy atom. The van der Waals surface area contributed by atoms with Crippen LogP contribution >= 0.6 is 0 Å². The minimum Gasteiger partial charge on any atom is -0.497 e. The summed E-state index contributed by atoms with van der Waals surface area (Å²) in [5.74, 6) is 1.49. The summed E-state index contributed by atoms with van der Waals surface area (Å²) in [6, 6.07) is 4.55. The third-order valence-corrected chi connectivity index (χ3v) is 4.37. The van der Waals surface area contributed by atoms with Crippen molar-refractivity contribution in [3.05, 3.63) is 36.4 Å². The zero-order valence-electron chi connectivity index (χ0n) is 11.8. The number of nitrogens with one attached hydrogen (secondary N) is 2. The molecule has 114 valence electrons. The second kappa shape index (κ2) is 6.59. The van der Waals surface area contributed by atoms with E-state index in [1.54, 1.807) is 18.5 Å². The predicted octanol–water partition coefficient (Wildman–Crippen LogP) is 0.948. The van der Waals surface area contributed by atoms with E-state index >= 15 is 0 Å².